The van der Waals surface area contributed by atoms with Crippen LogP contribution in [0.5, 0.6) is 0 Å². The van der Waals surface area contributed by atoms with E-state index in [0.717, 1.165) is 39.0 Å². The van der Waals surface area contributed by atoms with E-state index in [9.17, 15) is 10.1 Å². The number of thiophene rings is 1. The largest absolute Gasteiger partial charge is 0.269 e. The number of anilines is 1. The molecule has 2 aromatic heterocycles. The summed E-state index contributed by atoms with van der Waals surface area (Å²) in [5.41, 5.74) is 3.81. The summed E-state index contributed by atoms with van der Waals surface area (Å²) in [5.74, 6) is 0. The molecule has 154 valence electrons. The lowest BCUT2D eigenvalue weighted by Gasteiger charge is -2.21. The first-order valence-electron chi connectivity index (χ1n) is 9.45. The smallest absolute Gasteiger partial charge is 0.258 e. The highest BCUT2D eigenvalue weighted by Gasteiger charge is 2.32. The Kier molecular flexibility index (Phi) is 5.27. The summed E-state index contributed by atoms with van der Waals surface area (Å²) in [5, 5.41) is 23.3. The Morgan fingerprint density at radius 2 is 1.84 bits per heavy atom. The third kappa shape index (κ3) is 3.97. The number of thiazole rings is 1. The minimum Gasteiger partial charge on any atom is -0.258 e. The standard InChI is InChI=1S/C22H15ClN4O2S2/c23-16-7-3-15(4-8-16)20-12-18(21-2-1-11-30-21)25-26(20)22-24-19(13-31-22)14-5-9-17(10-6-14)27(28)29/h1-11,13,20H,12H2. The predicted octanol–water partition coefficient (Wildman–Crippen LogP) is 6.79. The highest BCUT2D eigenvalue weighted by molar-refractivity contribution is 7.14. The number of aromatic nitrogens is 1. The van der Waals surface area contributed by atoms with E-state index in [1.807, 2.05) is 46.1 Å². The van der Waals surface area contributed by atoms with Crippen LogP contribution in [-0.4, -0.2) is 15.6 Å². The van der Waals surface area contributed by atoms with Gasteiger partial charge < -0.3 is 0 Å². The molecule has 31 heavy (non-hydrogen) atoms. The SMILES string of the molecule is O=[N+]([O-])c1ccc(-c2csc(N3N=C(c4cccs4)CC3c3ccc(Cl)cc3)n2)cc1. The molecule has 0 bridgehead atoms. The molecule has 3 heterocycles. The number of nitro groups is 1. The van der Waals surface area contributed by atoms with Crippen LogP contribution in [0.4, 0.5) is 10.8 Å². The average Bonchev–Trinajstić information content (AvgIpc) is 3.54. The summed E-state index contributed by atoms with van der Waals surface area (Å²) >= 11 is 9.27. The molecule has 0 spiro atoms. The first kappa shape index (κ1) is 19.9. The Bertz CT molecular complexity index is 1250. The van der Waals surface area contributed by atoms with Gasteiger partial charge in [-0.2, -0.15) is 5.10 Å². The minimum atomic E-state index is -0.405. The summed E-state index contributed by atoms with van der Waals surface area (Å²) < 4.78 is 0. The normalized spacial score (nSPS) is 15.8. The maximum atomic E-state index is 10.9. The molecule has 0 fully saturated rings. The first-order valence-corrected chi connectivity index (χ1v) is 11.6. The van der Waals surface area contributed by atoms with Gasteiger partial charge >= 0.3 is 0 Å². The zero-order chi connectivity index (χ0) is 21.4. The van der Waals surface area contributed by atoms with E-state index in [1.54, 1.807) is 23.5 Å². The van der Waals surface area contributed by atoms with Crippen LogP contribution < -0.4 is 5.01 Å². The fourth-order valence-corrected chi connectivity index (χ4v) is 5.16. The number of hydrogen-bond acceptors (Lipinski definition) is 7. The Labute approximate surface area is 191 Å². The molecule has 0 saturated carbocycles. The Balaban J connectivity index is 1.49. The van der Waals surface area contributed by atoms with E-state index in [1.165, 1.54) is 23.5 Å². The van der Waals surface area contributed by atoms with E-state index < -0.39 is 4.92 Å². The van der Waals surface area contributed by atoms with Crippen molar-refractivity contribution in [3.8, 4) is 11.3 Å². The van der Waals surface area contributed by atoms with Crippen molar-refractivity contribution in [1.29, 1.82) is 0 Å². The van der Waals surface area contributed by atoms with Gasteiger partial charge in [-0.15, -0.1) is 22.7 Å². The van der Waals surface area contributed by atoms with Gasteiger partial charge in [0.2, 0.25) is 5.13 Å². The third-order valence-electron chi connectivity index (χ3n) is 5.03. The van der Waals surface area contributed by atoms with E-state index in [0.29, 0.717) is 5.02 Å². The first-order chi connectivity index (χ1) is 15.1. The van der Waals surface area contributed by atoms with Gasteiger partial charge in [0.15, 0.2) is 0 Å². The van der Waals surface area contributed by atoms with Crippen LogP contribution in [0.25, 0.3) is 11.3 Å². The van der Waals surface area contributed by atoms with E-state index >= 15 is 0 Å². The van der Waals surface area contributed by atoms with Gasteiger partial charge in [-0.25, -0.2) is 9.99 Å². The molecule has 0 saturated heterocycles. The van der Waals surface area contributed by atoms with Crippen molar-refractivity contribution in [2.24, 2.45) is 5.10 Å². The summed E-state index contributed by atoms with van der Waals surface area (Å²) in [6.07, 6.45) is 0.772. The maximum Gasteiger partial charge on any atom is 0.269 e. The van der Waals surface area contributed by atoms with E-state index in [-0.39, 0.29) is 11.7 Å². The third-order valence-corrected chi connectivity index (χ3v) is 7.03. The summed E-state index contributed by atoms with van der Waals surface area (Å²) in [6, 6.07) is 18.4. The summed E-state index contributed by atoms with van der Waals surface area (Å²) in [6.45, 7) is 0. The highest BCUT2D eigenvalue weighted by atomic mass is 35.5. The van der Waals surface area contributed by atoms with Gasteiger partial charge in [-0.3, -0.25) is 10.1 Å². The number of benzene rings is 2. The van der Waals surface area contributed by atoms with Gasteiger partial charge in [0.25, 0.3) is 5.69 Å². The molecule has 0 amide bonds. The Morgan fingerprint density at radius 1 is 1.06 bits per heavy atom. The van der Waals surface area contributed by atoms with Crippen LogP contribution in [0, 0.1) is 10.1 Å². The zero-order valence-electron chi connectivity index (χ0n) is 16.0. The molecule has 0 radical (unpaired) electrons. The number of nitrogens with zero attached hydrogens (tertiary/aromatic N) is 4. The topological polar surface area (TPSA) is 71.6 Å². The number of nitro benzene ring substituents is 1. The molecule has 4 aromatic rings. The van der Waals surface area contributed by atoms with E-state index in [4.69, 9.17) is 21.7 Å². The lowest BCUT2D eigenvalue weighted by Crippen LogP contribution is -2.18. The van der Waals surface area contributed by atoms with Gasteiger partial charge in [-0.05, 0) is 41.3 Å². The summed E-state index contributed by atoms with van der Waals surface area (Å²) in [4.78, 5) is 16.4. The maximum absolute atomic E-state index is 10.9. The lowest BCUT2D eigenvalue weighted by molar-refractivity contribution is -0.384. The molecule has 1 aliphatic rings. The molecular weight excluding hydrogens is 452 g/mol. The van der Waals surface area contributed by atoms with Crippen LogP contribution in [0.1, 0.15) is 22.9 Å². The zero-order valence-corrected chi connectivity index (χ0v) is 18.4. The minimum absolute atomic E-state index is 0.0187. The Morgan fingerprint density at radius 3 is 2.52 bits per heavy atom. The highest BCUT2D eigenvalue weighted by Crippen LogP contribution is 2.40. The van der Waals surface area contributed by atoms with Crippen molar-refractivity contribution >= 4 is 50.8 Å². The molecule has 5 rings (SSSR count). The second kappa shape index (κ2) is 8.22. The van der Waals surface area contributed by atoms with Crippen LogP contribution >= 0.6 is 34.3 Å². The van der Waals surface area contributed by atoms with Gasteiger partial charge in [0, 0.05) is 34.5 Å². The summed E-state index contributed by atoms with van der Waals surface area (Å²) in [7, 11) is 0. The predicted molar refractivity (Wildman–Crippen MR) is 126 cm³/mol. The average molecular weight is 467 g/mol. The number of rotatable bonds is 5. The number of halogens is 1. The van der Waals surface area contributed by atoms with Gasteiger partial charge in [-0.1, -0.05) is 29.8 Å². The van der Waals surface area contributed by atoms with Gasteiger partial charge in [0.05, 0.1) is 27.2 Å². The second-order valence-electron chi connectivity index (χ2n) is 6.96. The fourth-order valence-electron chi connectivity index (χ4n) is 3.48. The van der Waals surface area contributed by atoms with Crippen molar-refractivity contribution in [2.75, 3.05) is 5.01 Å². The van der Waals surface area contributed by atoms with E-state index in [2.05, 4.69) is 6.07 Å². The van der Waals surface area contributed by atoms with Crippen molar-refractivity contribution in [3.05, 3.63) is 97.0 Å². The molecule has 1 atom stereocenters. The van der Waals surface area contributed by atoms with Gasteiger partial charge in [0.1, 0.15) is 0 Å². The lowest BCUT2D eigenvalue weighted by atomic mass is 10.0. The van der Waals surface area contributed by atoms with Crippen molar-refractivity contribution in [2.45, 2.75) is 12.5 Å². The van der Waals surface area contributed by atoms with Crippen molar-refractivity contribution < 1.29 is 4.92 Å². The van der Waals surface area contributed by atoms with Crippen LogP contribution in [0.15, 0.2) is 76.5 Å². The Hall–Kier alpha value is -3.07. The van der Waals surface area contributed by atoms with Crippen LogP contribution in [0.3, 0.4) is 0 Å². The molecule has 0 aliphatic carbocycles. The molecule has 2 aromatic carbocycles. The molecule has 9 heteroatoms. The fraction of sp³-hybridized carbons (Fsp3) is 0.0909. The molecule has 6 nitrogen and oxygen atoms in total. The van der Waals surface area contributed by atoms with Crippen LogP contribution in [0.2, 0.25) is 5.02 Å². The number of hydrogen-bond donors (Lipinski definition) is 0. The molecule has 1 unspecified atom stereocenters. The van der Waals surface area contributed by atoms with Crippen LogP contribution in [-0.2, 0) is 0 Å². The second-order valence-corrected chi connectivity index (χ2v) is 9.18. The molecular formula is C22H15ClN4O2S2. The quantitative estimate of drug-likeness (QED) is 0.240. The number of non-ortho nitro benzene ring substituents is 1. The molecule has 1 aliphatic heterocycles. The number of hydrazone groups is 1. The monoisotopic (exact) mass is 466 g/mol. The van der Waals surface area contributed by atoms with Crippen molar-refractivity contribution in [3.63, 3.8) is 0 Å². The van der Waals surface area contributed by atoms with Crippen molar-refractivity contribution in [1.82, 2.24) is 4.98 Å². The molecule has 0 N–H and O–H groups in total.